The van der Waals surface area contributed by atoms with Gasteiger partial charge in [0.2, 0.25) is 0 Å². The molecule has 0 atom stereocenters. The van der Waals surface area contributed by atoms with Crippen LogP contribution in [-0.4, -0.2) is 27.1 Å². The van der Waals surface area contributed by atoms with E-state index in [1.807, 2.05) is 66.0 Å². The summed E-state index contributed by atoms with van der Waals surface area (Å²) in [6.45, 7) is 6.33. The number of carbonyl (C=O) groups excluding carboxylic acids is 1. The number of fused-ring (bicyclic) bond motifs is 3. The molecule has 2 heterocycles. The van der Waals surface area contributed by atoms with Crippen LogP contribution in [-0.2, 0) is 6.54 Å². The fourth-order valence-corrected chi connectivity index (χ4v) is 3.52. The molecule has 5 nitrogen and oxygen atoms in total. The van der Waals surface area contributed by atoms with Crippen molar-refractivity contribution in [1.29, 1.82) is 0 Å². The lowest BCUT2D eigenvalue weighted by Gasteiger charge is -2.03. The fourth-order valence-electron chi connectivity index (χ4n) is 3.52. The fraction of sp³-hybridized carbons (Fsp3) is 0.130. The van der Waals surface area contributed by atoms with Gasteiger partial charge in [-0.2, -0.15) is 5.10 Å². The zero-order valence-corrected chi connectivity index (χ0v) is 15.9. The number of benzene rings is 2. The highest BCUT2D eigenvalue weighted by atomic mass is 16.5. The Bertz CT molecular complexity index is 1230. The zero-order chi connectivity index (χ0) is 19.7. The normalized spacial score (nSPS) is 11.5. The lowest BCUT2D eigenvalue weighted by molar-refractivity contribution is 0.104. The Morgan fingerprint density at radius 1 is 1.18 bits per heavy atom. The molecular formula is C23H21N3O2. The van der Waals surface area contributed by atoms with Crippen LogP contribution in [0.3, 0.4) is 0 Å². The van der Waals surface area contributed by atoms with Crippen LogP contribution in [0, 0.1) is 6.92 Å². The second-order valence-electron chi connectivity index (χ2n) is 6.56. The maximum absolute atomic E-state index is 13.1. The second kappa shape index (κ2) is 7.19. The Kier molecular flexibility index (Phi) is 4.57. The summed E-state index contributed by atoms with van der Waals surface area (Å²) in [6, 6.07) is 15.6. The van der Waals surface area contributed by atoms with Crippen LogP contribution in [0.15, 0.2) is 67.3 Å². The summed E-state index contributed by atoms with van der Waals surface area (Å²) in [5.41, 5.74) is 5.00. The summed E-state index contributed by atoms with van der Waals surface area (Å²) in [5, 5.41) is 4.63. The van der Waals surface area contributed by atoms with Crippen molar-refractivity contribution in [3.8, 4) is 5.75 Å². The van der Waals surface area contributed by atoms with E-state index in [1.54, 1.807) is 19.3 Å². The van der Waals surface area contributed by atoms with Crippen molar-refractivity contribution in [2.75, 3.05) is 7.11 Å². The van der Waals surface area contributed by atoms with Crippen molar-refractivity contribution in [3.63, 3.8) is 0 Å². The van der Waals surface area contributed by atoms with E-state index in [2.05, 4.69) is 16.2 Å². The second-order valence-corrected chi connectivity index (χ2v) is 6.56. The first-order valence-corrected chi connectivity index (χ1v) is 9.08. The number of hydrogen-bond acceptors (Lipinski definition) is 3. The van der Waals surface area contributed by atoms with Crippen molar-refractivity contribution in [2.24, 2.45) is 0 Å². The molecule has 140 valence electrons. The van der Waals surface area contributed by atoms with Crippen molar-refractivity contribution >= 4 is 28.5 Å². The first kappa shape index (κ1) is 17.8. The summed E-state index contributed by atoms with van der Waals surface area (Å²) in [4.78, 5) is 13.1. The molecule has 0 bridgehead atoms. The van der Waals surface area contributed by atoms with Gasteiger partial charge in [-0.25, -0.2) is 4.52 Å². The van der Waals surface area contributed by atoms with E-state index in [-0.39, 0.29) is 5.78 Å². The molecule has 0 amide bonds. The molecule has 4 aromatic rings. The Labute approximate surface area is 163 Å². The van der Waals surface area contributed by atoms with Crippen LogP contribution in [0.1, 0.15) is 21.6 Å². The average Bonchev–Trinajstić information content (AvgIpc) is 3.20. The van der Waals surface area contributed by atoms with Crippen LogP contribution >= 0.6 is 0 Å². The van der Waals surface area contributed by atoms with E-state index in [0.717, 1.165) is 28.0 Å². The predicted molar refractivity (Wildman–Crippen MR) is 112 cm³/mol. The highest BCUT2D eigenvalue weighted by Gasteiger charge is 2.21. The number of methoxy groups -OCH3 is 1. The molecule has 0 fully saturated rings. The first-order chi connectivity index (χ1) is 13.6. The van der Waals surface area contributed by atoms with Gasteiger partial charge in [-0.1, -0.05) is 36.4 Å². The first-order valence-electron chi connectivity index (χ1n) is 9.08. The van der Waals surface area contributed by atoms with Gasteiger partial charge in [0, 0.05) is 6.54 Å². The largest absolute Gasteiger partial charge is 0.497 e. The lowest BCUT2D eigenvalue weighted by atomic mass is 10.1. The van der Waals surface area contributed by atoms with Gasteiger partial charge in [0.05, 0.1) is 29.4 Å². The van der Waals surface area contributed by atoms with Crippen molar-refractivity contribution < 1.29 is 9.53 Å². The summed E-state index contributed by atoms with van der Waals surface area (Å²) >= 11 is 0. The lowest BCUT2D eigenvalue weighted by Crippen LogP contribution is -2.02. The van der Waals surface area contributed by atoms with Gasteiger partial charge in [0.25, 0.3) is 0 Å². The summed E-state index contributed by atoms with van der Waals surface area (Å²) in [7, 11) is 1.62. The average molecular weight is 371 g/mol. The number of nitrogens with zero attached hydrogens (tertiary/aromatic N) is 3. The summed E-state index contributed by atoms with van der Waals surface area (Å²) in [6.07, 6.45) is 5.22. The monoisotopic (exact) mass is 371 g/mol. The van der Waals surface area contributed by atoms with Crippen molar-refractivity contribution in [1.82, 2.24) is 14.2 Å². The molecule has 0 N–H and O–H groups in total. The standard InChI is InChI=1S/C23H21N3O2/c1-4-14-25-19-10-5-6-11-20(19)26-23(25)22(16(2)24-26)21(27)13-12-17-8-7-9-18(15-17)28-3/h4-13,15H,1,14H2,2-3H3. The number of hydrogen-bond donors (Lipinski definition) is 0. The number of aryl methyl sites for hydroxylation is 1. The Hall–Kier alpha value is -3.60. The predicted octanol–water partition coefficient (Wildman–Crippen LogP) is 4.69. The molecule has 5 heteroatoms. The zero-order valence-electron chi connectivity index (χ0n) is 15.9. The van der Waals surface area contributed by atoms with Gasteiger partial charge in [-0.05, 0) is 42.8 Å². The minimum atomic E-state index is -0.0801. The highest BCUT2D eigenvalue weighted by molar-refractivity contribution is 6.12. The number of ketones is 1. The van der Waals surface area contributed by atoms with Crippen molar-refractivity contribution in [2.45, 2.75) is 13.5 Å². The number of carbonyl (C=O) groups is 1. The maximum atomic E-state index is 13.1. The van der Waals surface area contributed by atoms with E-state index in [4.69, 9.17) is 4.74 Å². The number of para-hydroxylation sites is 2. The van der Waals surface area contributed by atoms with E-state index in [0.29, 0.717) is 17.8 Å². The Morgan fingerprint density at radius 2 is 1.96 bits per heavy atom. The number of ether oxygens (including phenoxy) is 1. The Balaban J connectivity index is 1.83. The number of imidazole rings is 1. The topological polar surface area (TPSA) is 48.5 Å². The SMILES string of the molecule is C=CCn1c2ccccc2n2nc(C)c(C(=O)C=Cc3cccc(OC)c3)c12. The number of aromatic nitrogens is 3. The Morgan fingerprint density at radius 3 is 2.71 bits per heavy atom. The van der Waals surface area contributed by atoms with E-state index < -0.39 is 0 Å². The molecule has 4 rings (SSSR count). The minimum absolute atomic E-state index is 0.0801. The van der Waals surface area contributed by atoms with Crippen LogP contribution < -0.4 is 4.74 Å². The molecule has 0 spiro atoms. The van der Waals surface area contributed by atoms with Crippen molar-refractivity contribution in [3.05, 3.63) is 84.1 Å². The molecule has 2 aromatic heterocycles. The molecule has 0 aliphatic heterocycles. The maximum Gasteiger partial charge on any atom is 0.191 e. The third-order valence-electron chi connectivity index (χ3n) is 4.77. The smallest absolute Gasteiger partial charge is 0.191 e. The molecule has 28 heavy (non-hydrogen) atoms. The van der Waals surface area contributed by atoms with Gasteiger partial charge < -0.3 is 9.30 Å². The summed E-state index contributed by atoms with van der Waals surface area (Å²) < 4.78 is 9.17. The van der Waals surface area contributed by atoms with E-state index in [9.17, 15) is 4.79 Å². The van der Waals surface area contributed by atoms with Gasteiger partial charge in [0.15, 0.2) is 5.78 Å². The molecule has 0 radical (unpaired) electrons. The van der Waals surface area contributed by atoms with Crippen LogP contribution in [0.25, 0.3) is 22.8 Å². The number of allylic oxidation sites excluding steroid dienone is 2. The molecule has 0 aliphatic rings. The van der Waals surface area contributed by atoms with Crippen LogP contribution in [0.4, 0.5) is 0 Å². The molecule has 2 aromatic carbocycles. The third-order valence-corrected chi connectivity index (χ3v) is 4.77. The third kappa shape index (κ3) is 2.91. The van der Waals surface area contributed by atoms with Crippen LogP contribution in [0.5, 0.6) is 5.75 Å². The minimum Gasteiger partial charge on any atom is -0.497 e. The molecule has 0 aliphatic carbocycles. The molecular weight excluding hydrogens is 350 g/mol. The van der Waals surface area contributed by atoms with Gasteiger partial charge in [-0.15, -0.1) is 6.58 Å². The quantitative estimate of drug-likeness (QED) is 0.281. The molecule has 0 saturated heterocycles. The van der Waals surface area contributed by atoms with Gasteiger partial charge in [-0.3, -0.25) is 4.79 Å². The van der Waals surface area contributed by atoms with Gasteiger partial charge in [0.1, 0.15) is 11.4 Å². The van der Waals surface area contributed by atoms with Gasteiger partial charge >= 0.3 is 0 Å². The van der Waals surface area contributed by atoms with E-state index in [1.165, 1.54) is 0 Å². The highest BCUT2D eigenvalue weighted by Crippen LogP contribution is 2.26. The van der Waals surface area contributed by atoms with Crippen LogP contribution in [0.2, 0.25) is 0 Å². The number of rotatable bonds is 6. The summed E-state index contributed by atoms with van der Waals surface area (Å²) in [5.74, 6) is 0.674. The van der Waals surface area contributed by atoms with E-state index >= 15 is 0 Å². The molecule has 0 saturated carbocycles. The molecule has 0 unspecified atom stereocenters.